The molecule has 0 saturated heterocycles. The minimum absolute atomic E-state index is 0.0997. The van der Waals surface area contributed by atoms with Crippen molar-refractivity contribution in [2.24, 2.45) is 0 Å². The van der Waals surface area contributed by atoms with E-state index < -0.39 is 13.1 Å². The minimum Gasteiger partial charge on any atom is -0.486 e. The Morgan fingerprint density at radius 1 is 1.27 bits per heavy atom. The zero-order valence-corrected chi connectivity index (χ0v) is 6.18. The highest BCUT2D eigenvalue weighted by Crippen LogP contribution is 2.32. The zero-order valence-electron chi connectivity index (χ0n) is 9.43. The lowest BCUT2D eigenvalue weighted by molar-refractivity contribution is 0.171. The molecular weight excluding hydrogens is 164 g/mol. The van der Waals surface area contributed by atoms with Gasteiger partial charge in [-0.05, 0) is 12.1 Å². The lowest BCUT2D eigenvalue weighted by Crippen LogP contribution is -2.14. The van der Waals surface area contributed by atoms with Gasteiger partial charge in [0.2, 0.25) is 0 Å². The van der Waals surface area contributed by atoms with E-state index >= 15 is 0 Å². The van der Waals surface area contributed by atoms with E-state index in [9.17, 15) is 0 Å². The number of fused-ring (bicyclic) bond motifs is 1. The number of ether oxygens (including phenoxy) is 2. The molecule has 0 saturated carbocycles. The Bertz CT molecular complexity index is 408. The number of halogens is 1. The highest BCUT2D eigenvalue weighted by Gasteiger charge is 2.10. The molecule has 1 aromatic carbocycles. The smallest absolute Gasteiger partial charge is 0.162 e. The minimum atomic E-state index is -2.54. The van der Waals surface area contributed by atoms with Gasteiger partial charge in [-0.25, -0.2) is 0 Å². The molecule has 0 aliphatic carbocycles. The molecule has 58 valence electrons. The maximum Gasteiger partial charge on any atom is 0.162 e. The van der Waals surface area contributed by atoms with Gasteiger partial charge in [-0.2, -0.15) is 0 Å². The van der Waals surface area contributed by atoms with Gasteiger partial charge in [-0.15, -0.1) is 0 Å². The number of benzene rings is 1. The van der Waals surface area contributed by atoms with Crippen LogP contribution < -0.4 is 9.47 Å². The van der Waals surface area contributed by atoms with Crippen LogP contribution in [-0.4, -0.2) is 13.1 Å². The van der Waals surface area contributed by atoms with Crippen LogP contribution in [0.25, 0.3) is 0 Å². The Hall–Kier alpha value is -0.890. The monoisotopic (exact) mass is 174 g/mol. The van der Waals surface area contributed by atoms with Gasteiger partial charge in [0, 0.05) is 11.1 Å². The molecule has 3 heteroatoms. The van der Waals surface area contributed by atoms with Crippen LogP contribution in [0.2, 0.25) is 5.02 Å². The fraction of sp³-hybridized carbons (Fsp3) is 0.250. The Kier molecular flexibility index (Phi) is 0.877. The van der Waals surface area contributed by atoms with Crippen molar-refractivity contribution in [1.29, 1.82) is 0 Å². The molecule has 1 aliphatic rings. The van der Waals surface area contributed by atoms with Gasteiger partial charge in [-0.3, -0.25) is 0 Å². The molecule has 2 nitrogen and oxygen atoms in total. The van der Waals surface area contributed by atoms with E-state index in [2.05, 4.69) is 0 Å². The first kappa shape index (κ1) is 3.68. The van der Waals surface area contributed by atoms with Crippen molar-refractivity contribution in [2.75, 3.05) is 13.1 Å². The molecule has 0 N–H and O–H groups in total. The third-order valence-corrected chi connectivity index (χ3v) is 1.50. The first-order valence-corrected chi connectivity index (χ1v) is 3.37. The van der Waals surface area contributed by atoms with Crippen LogP contribution in [-0.2, 0) is 0 Å². The molecule has 1 aromatic rings. The molecule has 0 atom stereocenters. The zero-order chi connectivity index (χ0) is 11.3. The summed E-state index contributed by atoms with van der Waals surface area (Å²) in [6.45, 7) is -5.06. The van der Waals surface area contributed by atoms with Crippen LogP contribution in [0.3, 0.4) is 0 Å². The fourth-order valence-corrected chi connectivity index (χ4v) is 0.960. The second-order valence-electron chi connectivity index (χ2n) is 2.00. The Morgan fingerprint density at radius 2 is 2.00 bits per heavy atom. The maximum absolute atomic E-state index is 7.33. The summed E-state index contributed by atoms with van der Waals surface area (Å²) in [5, 5.41) is 0.371. The molecular formula is C8H7ClO2. The van der Waals surface area contributed by atoms with E-state index in [1.54, 1.807) is 0 Å². The van der Waals surface area contributed by atoms with Crippen molar-refractivity contribution in [3.8, 4) is 11.5 Å². The molecule has 2 rings (SSSR count). The first-order chi connectivity index (χ1) is 6.82. The number of rotatable bonds is 0. The SMILES string of the molecule is [2H]C1([2H])Oc2ccc(Cl)cc2OC1([2H])[2H]. The maximum atomic E-state index is 7.33. The lowest BCUT2D eigenvalue weighted by atomic mass is 10.3. The van der Waals surface area contributed by atoms with Gasteiger partial charge in [0.1, 0.15) is 13.1 Å². The van der Waals surface area contributed by atoms with E-state index in [0.717, 1.165) is 0 Å². The highest BCUT2D eigenvalue weighted by molar-refractivity contribution is 6.30. The molecule has 0 aromatic heterocycles. The topological polar surface area (TPSA) is 18.5 Å². The molecule has 0 spiro atoms. The standard InChI is InChI=1S/C8H7ClO2/c9-6-1-2-7-8(5-6)11-4-3-10-7/h1-2,5H,3-4H2/i3D2,4D2. The molecule has 11 heavy (non-hydrogen) atoms. The third kappa shape index (κ3) is 1.26. The number of hydrogen-bond donors (Lipinski definition) is 0. The van der Waals surface area contributed by atoms with Gasteiger partial charge >= 0.3 is 0 Å². The molecule has 1 aliphatic heterocycles. The third-order valence-electron chi connectivity index (χ3n) is 1.27. The summed E-state index contributed by atoms with van der Waals surface area (Å²) in [6.07, 6.45) is 0. The summed E-state index contributed by atoms with van der Waals surface area (Å²) in [7, 11) is 0. The fourth-order valence-electron chi connectivity index (χ4n) is 0.798. The Balaban J connectivity index is 2.47. The largest absolute Gasteiger partial charge is 0.486 e. The summed E-state index contributed by atoms with van der Waals surface area (Å²) >= 11 is 5.69. The van der Waals surface area contributed by atoms with Crippen molar-refractivity contribution in [2.45, 2.75) is 0 Å². The summed E-state index contributed by atoms with van der Waals surface area (Å²) in [5.41, 5.74) is 0. The van der Waals surface area contributed by atoms with Crippen LogP contribution in [0.15, 0.2) is 18.2 Å². The molecule has 0 bridgehead atoms. The molecule has 0 radical (unpaired) electrons. The highest BCUT2D eigenvalue weighted by atomic mass is 35.5. The molecule has 0 amide bonds. The Labute approximate surface area is 75.3 Å². The van der Waals surface area contributed by atoms with Gasteiger partial charge < -0.3 is 9.47 Å². The van der Waals surface area contributed by atoms with Crippen molar-refractivity contribution in [3.05, 3.63) is 23.2 Å². The van der Waals surface area contributed by atoms with Gasteiger partial charge in [0.15, 0.2) is 11.5 Å². The van der Waals surface area contributed by atoms with Crippen molar-refractivity contribution < 1.29 is 15.0 Å². The summed E-state index contributed by atoms with van der Waals surface area (Å²) < 4.78 is 39.0. The summed E-state index contributed by atoms with van der Waals surface area (Å²) in [6, 6.07) is 4.33. The van der Waals surface area contributed by atoms with E-state index in [4.69, 9.17) is 26.6 Å². The summed E-state index contributed by atoms with van der Waals surface area (Å²) in [5.74, 6) is 0.238. The second-order valence-corrected chi connectivity index (χ2v) is 2.44. The van der Waals surface area contributed by atoms with Gasteiger partial charge in [0.25, 0.3) is 0 Å². The lowest BCUT2D eigenvalue weighted by Gasteiger charge is -2.17. The average Bonchev–Trinajstić information content (AvgIpc) is 2.07. The van der Waals surface area contributed by atoms with Crippen LogP contribution in [0.5, 0.6) is 11.5 Å². The van der Waals surface area contributed by atoms with Crippen LogP contribution in [0.1, 0.15) is 5.48 Å². The normalized spacial score (nSPS) is 29.2. The first-order valence-electron chi connectivity index (χ1n) is 4.99. The van der Waals surface area contributed by atoms with E-state index in [-0.39, 0.29) is 11.5 Å². The van der Waals surface area contributed by atoms with E-state index in [1.165, 1.54) is 18.2 Å². The van der Waals surface area contributed by atoms with Crippen molar-refractivity contribution >= 4 is 11.6 Å². The van der Waals surface area contributed by atoms with Crippen LogP contribution in [0, 0.1) is 0 Å². The van der Waals surface area contributed by atoms with Crippen molar-refractivity contribution in [1.82, 2.24) is 0 Å². The summed E-state index contributed by atoms with van der Waals surface area (Å²) in [4.78, 5) is 0. The molecule has 0 fully saturated rings. The Morgan fingerprint density at radius 3 is 2.82 bits per heavy atom. The van der Waals surface area contributed by atoms with Gasteiger partial charge in [0.05, 0.1) is 5.48 Å². The van der Waals surface area contributed by atoms with Gasteiger partial charge in [-0.1, -0.05) is 11.6 Å². The van der Waals surface area contributed by atoms with E-state index in [1.807, 2.05) is 0 Å². The predicted molar refractivity (Wildman–Crippen MR) is 42.4 cm³/mol. The van der Waals surface area contributed by atoms with Crippen LogP contribution in [0.4, 0.5) is 0 Å². The molecule has 1 heterocycles. The predicted octanol–water partition coefficient (Wildman–Crippen LogP) is 2.11. The molecule has 0 unspecified atom stereocenters. The number of hydrogen-bond acceptors (Lipinski definition) is 2. The van der Waals surface area contributed by atoms with Crippen LogP contribution >= 0.6 is 11.6 Å². The quantitative estimate of drug-likeness (QED) is 0.600. The van der Waals surface area contributed by atoms with E-state index in [0.29, 0.717) is 5.02 Å². The average molecular weight is 175 g/mol. The van der Waals surface area contributed by atoms with Crippen molar-refractivity contribution in [3.63, 3.8) is 0 Å². The second kappa shape index (κ2) is 2.62.